The highest BCUT2D eigenvalue weighted by atomic mass is 32.1. The van der Waals surface area contributed by atoms with Gasteiger partial charge < -0.3 is 9.42 Å². The second-order valence-electron chi connectivity index (χ2n) is 5.12. The number of aryl methyl sites for hydroxylation is 1. The molecule has 21 heavy (non-hydrogen) atoms. The molecule has 106 valence electrons. The molecule has 1 saturated heterocycles. The van der Waals surface area contributed by atoms with Gasteiger partial charge in [-0.05, 0) is 25.1 Å². The van der Waals surface area contributed by atoms with Crippen molar-refractivity contribution in [3.05, 3.63) is 41.0 Å². The number of thiazole rings is 1. The Hall–Kier alpha value is -2.28. The van der Waals surface area contributed by atoms with E-state index in [9.17, 15) is 4.79 Å². The Morgan fingerprint density at radius 3 is 3.05 bits per heavy atom. The molecule has 2 aromatic heterocycles. The Bertz CT molecular complexity index is 819. The molecule has 0 spiro atoms. The third-order valence-corrected chi connectivity index (χ3v) is 4.45. The van der Waals surface area contributed by atoms with Gasteiger partial charge in [-0.15, -0.1) is 11.3 Å². The summed E-state index contributed by atoms with van der Waals surface area (Å²) < 4.78 is 6.23. The van der Waals surface area contributed by atoms with Gasteiger partial charge in [0.1, 0.15) is 0 Å². The second kappa shape index (κ2) is 4.63. The normalized spacial score (nSPS) is 15.4. The number of likely N-dealkylation sites (tertiary alicyclic amines) is 1. The summed E-state index contributed by atoms with van der Waals surface area (Å²) >= 11 is 1.57. The van der Waals surface area contributed by atoms with Gasteiger partial charge >= 0.3 is 0 Å². The van der Waals surface area contributed by atoms with Crippen LogP contribution in [0.3, 0.4) is 0 Å². The quantitative estimate of drug-likeness (QED) is 0.725. The van der Waals surface area contributed by atoms with E-state index in [1.807, 2.05) is 18.2 Å². The lowest BCUT2D eigenvalue weighted by Gasteiger charge is -2.37. The summed E-state index contributed by atoms with van der Waals surface area (Å²) in [7, 11) is 0. The molecule has 0 saturated carbocycles. The van der Waals surface area contributed by atoms with Crippen LogP contribution in [0.5, 0.6) is 0 Å². The van der Waals surface area contributed by atoms with Crippen LogP contribution in [0.15, 0.2) is 28.2 Å². The highest BCUT2D eigenvalue weighted by molar-refractivity contribution is 7.16. The molecule has 1 amide bonds. The van der Waals surface area contributed by atoms with Crippen molar-refractivity contribution in [1.29, 1.82) is 0 Å². The molecular weight excluding hydrogens is 288 g/mol. The van der Waals surface area contributed by atoms with E-state index in [0.29, 0.717) is 30.4 Å². The molecule has 3 heterocycles. The lowest BCUT2D eigenvalue weighted by atomic mass is 9.98. The van der Waals surface area contributed by atoms with E-state index >= 15 is 0 Å². The van der Waals surface area contributed by atoms with E-state index in [0.717, 1.165) is 10.2 Å². The summed E-state index contributed by atoms with van der Waals surface area (Å²) in [6.45, 7) is 3.03. The van der Waals surface area contributed by atoms with Crippen molar-refractivity contribution in [2.45, 2.75) is 12.8 Å². The van der Waals surface area contributed by atoms with Crippen molar-refractivity contribution in [3.8, 4) is 0 Å². The molecular formula is C14H12N4O2S. The highest BCUT2D eigenvalue weighted by Crippen LogP contribution is 2.28. The first-order valence-electron chi connectivity index (χ1n) is 6.63. The van der Waals surface area contributed by atoms with Crippen molar-refractivity contribution in [1.82, 2.24) is 20.0 Å². The maximum absolute atomic E-state index is 12.4. The molecule has 0 bridgehead atoms. The zero-order chi connectivity index (χ0) is 14.4. The zero-order valence-electron chi connectivity index (χ0n) is 11.3. The average Bonchev–Trinajstić information content (AvgIpc) is 3.05. The number of hydrogen-bond donors (Lipinski definition) is 0. The number of fused-ring (bicyclic) bond motifs is 1. The SMILES string of the molecule is Cc1noc(C2CN(C(=O)c3ccc4scnc4c3)C2)n1. The molecule has 0 unspecified atom stereocenters. The molecule has 0 radical (unpaired) electrons. The monoisotopic (exact) mass is 300 g/mol. The fourth-order valence-corrected chi connectivity index (χ4v) is 3.11. The zero-order valence-corrected chi connectivity index (χ0v) is 12.1. The number of aromatic nitrogens is 3. The Balaban J connectivity index is 1.49. The van der Waals surface area contributed by atoms with Crippen LogP contribution in [0.4, 0.5) is 0 Å². The molecule has 1 aromatic carbocycles. The lowest BCUT2D eigenvalue weighted by molar-refractivity contribution is 0.0569. The predicted molar refractivity (Wildman–Crippen MR) is 77.3 cm³/mol. The summed E-state index contributed by atoms with van der Waals surface area (Å²) in [5, 5.41) is 3.78. The van der Waals surface area contributed by atoms with Crippen LogP contribution in [-0.2, 0) is 0 Å². The number of amides is 1. The van der Waals surface area contributed by atoms with Crippen LogP contribution in [0.1, 0.15) is 28.0 Å². The second-order valence-corrected chi connectivity index (χ2v) is 6.01. The average molecular weight is 300 g/mol. The topological polar surface area (TPSA) is 72.1 Å². The molecule has 0 N–H and O–H groups in total. The third-order valence-electron chi connectivity index (χ3n) is 3.64. The number of benzene rings is 1. The predicted octanol–water partition coefficient (Wildman–Crippen LogP) is 2.23. The number of rotatable bonds is 2. The van der Waals surface area contributed by atoms with Crippen molar-refractivity contribution in [3.63, 3.8) is 0 Å². The van der Waals surface area contributed by atoms with E-state index in [4.69, 9.17) is 4.52 Å². The molecule has 0 aliphatic carbocycles. The number of carbonyl (C=O) groups is 1. The Kier molecular flexibility index (Phi) is 2.75. The van der Waals surface area contributed by atoms with Crippen molar-refractivity contribution >= 4 is 27.5 Å². The van der Waals surface area contributed by atoms with Gasteiger partial charge in [-0.2, -0.15) is 4.98 Å². The van der Waals surface area contributed by atoms with Crippen LogP contribution in [-0.4, -0.2) is 39.0 Å². The maximum atomic E-state index is 12.4. The van der Waals surface area contributed by atoms with Crippen LogP contribution in [0, 0.1) is 6.92 Å². The van der Waals surface area contributed by atoms with Gasteiger partial charge in [-0.25, -0.2) is 4.98 Å². The van der Waals surface area contributed by atoms with Gasteiger partial charge in [0, 0.05) is 18.7 Å². The molecule has 3 aromatic rings. The summed E-state index contributed by atoms with van der Waals surface area (Å²) in [4.78, 5) is 22.7. The standard InChI is InChI=1S/C14H12N4O2S/c1-8-16-13(20-17-8)10-5-18(6-10)14(19)9-2-3-12-11(4-9)15-7-21-12/h2-4,7,10H,5-6H2,1H3. The van der Waals surface area contributed by atoms with Gasteiger partial charge in [0.05, 0.1) is 21.6 Å². The minimum Gasteiger partial charge on any atom is -0.339 e. The minimum absolute atomic E-state index is 0.0254. The lowest BCUT2D eigenvalue weighted by Crippen LogP contribution is -2.48. The van der Waals surface area contributed by atoms with E-state index in [2.05, 4.69) is 15.1 Å². The molecule has 6 nitrogen and oxygen atoms in total. The summed E-state index contributed by atoms with van der Waals surface area (Å²) in [5.74, 6) is 1.42. The van der Waals surface area contributed by atoms with Crippen molar-refractivity contribution in [2.24, 2.45) is 0 Å². The van der Waals surface area contributed by atoms with E-state index in [1.54, 1.807) is 28.7 Å². The van der Waals surface area contributed by atoms with Gasteiger partial charge in [-0.1, -0.05) is 5.16 Å². The Labute approximate surface area is 124 Å². The van der Waals surface area contributed by atoms with Crippen LogP contribution >= 0.6 is 11.3 Å². The summed E-state index contributed by atoms with van der Waals surface area (Å²) in [5.41, 5.74) is 3.33. The fraction of sp³-hybridized carbons (Fsp3) is 0.286. The van der Waals surface area contributed by atoms with E-state index in [-0.39, 0.29) is 11.8 Å². The molecule has 0 atom stereocenters. The van der Waals surface area contributed by atoms with Gasteiger partial charge in [0.2, 0.25) is 5.89 Å². The van der Waals surface area contributed by atoms with Crippen LogP contribution < -0.4 is 0 Å². The van der Waals surface area contributed by atoms with Crippen LogP contribution in [0.25, 0.3) is 10.2 Å². The molecule has 1 aliphatic heterocycles. The number of nitrogens with zero attached hydrogens (tertiary/aromatic N) is 4. The Morgan fingerprint density at radius 1 is 1.43 bits per heavy atom. The molecule has 1 fully saturated rings. The Morgan fingerprint density at radius 2 is 2.29 bits per heavy atom. The largest absolute Gasteiger partial charge is 0.339 e. The minimum atomic E-state index is 0.0254. The maximum Gasteiger partial charge on any atom is 0.253 e. The number of carbonyl (C=O) groups excluding carboxylic acids is 1. The first-order valence-corrected chi connectivity index (χ1v) is 7.51. The number of hydrogen-bond acceptors (Lipinski definition) is 6. The van der Waals surface area contributed by atoms with E-state index < -0.39 is 0 Å². The van der Waals surface area contributed by atoms with Gasteiger partial charge in [-0.3, -0.25) is 4.79 Å². The van der Waals surface area contributed by atoms with E-state index in [1.165, 1.54) is 0 Å². The van der Waals surface area contributed by atoms with Crippen LogP contribution in [0.2, 0.25) is 0 Å². The first kappa shape index (κ1) is 12.5. The first-order chi connectivity index (χ1) is 10.2. The van der Waals surface area contributed by atoms with Gasteiger partial charge in [0.25, 0.3) is 5.91 Å². The van der Waals surface area contributed by atoms with Crippen molar-refractivity contribution in [2.75, 3.05) is 13.1 Å². The molecule has 7 heteroatoms. The molecule has 1 aliphatic rings. The molecule has 4 rings (SSSR count). The smallest absolute Gasteiger partial charge is 0.253 e. The fourth-order valence-electron chi connectivity index (χ4n) is 2.45. The third kappa shape index (κ3) is 2.09. The highest BCUT2D eigenvalue weighted by Gasteiger charge is 2.35. The van der Waals surface area contributed by atoms with Crippen molar-refractivity contribution < 1.29 is 9.32 Å². The van der Waals surface area contributed by atoms with Gasteiger partial charge in [0.15, 0.2) is 5.82 Å². The summed E-state index contributed by atoms with van der Waals surface area (Å²) in [6, 6.07) is 5.64. The summed E-state index contributed by atoms with van der Waals surface area (Å²) in [6.07, 6.45) is 0.